The minimum atomic E-state index is -0.417. The Morgan fingerprint density at radius 2 is 1.69 bits per heavy atom. The summed E-state index contributed by atoms with van der Waals surface area (Å²) in [7, 11) is 1.58. The number of fused-ring (bicyclic) bond motifs is 1. The second-order valence-corrected chi connectivity index (χ2v) is 8.50. The van der Waals surface area contributed by atoms with E-state index in [0.29, 0.717) is 41.1 Å². The summed E-state index contributed by atoms with van der Waals surface area (Å²) in [5.41, 5.74) is 1.96. The van der Waals surface area contributed by atoms with E-state index in [1.165, 1.54) is 0 Å². The van der Waals surface area contributed by atoms with Gasteiger partial charge in [-0.15, -0.1) is 0 Å². The third-order valence-corrected chi connectivity index (χ3v) is 6.15. The summed E-state index contributed by atoms with van der Waals surface area (Å²) < 4.78 is 7.20. The summed E-state index contributed by atoms with van der Waals surface area (Å²) in [5.74, 6) is 0.951. The van der Waals surface area contributed by atoms with Crippen molar-refractivity contribution in [3.05, 3.63) is 107 Å². The molecule has 0 N–H and O–H groups in total. The van der Waals surface area contributed by atoms with E-state index in [4.69, 9.17) is 9.72 Å². The lowest BCUT2D eigenvalue weighted by atomic mass is 10.1. The van der Waals surface area contributed by atoms with Crippen molar-refractivity contribution in [1.82, 2.24) is 14.5 Å². The van der Waals surface area contributed by atoms with Crippen LogP contribution in [0.2, 0.25) is 0 Å². The number of hydrogen-bond acceptors (Lipinski definition) is 4. The number of hydrogen-bond donors (Lipinski definition) is 0. The molecule has 0 radical (unpaired) electrons. The molecule has 0 spiro atoms. The van der Waals surface area contributed by atoms with Crippen LogP contribution in [0.5, 0.6) is 5.75 Å². The van der Waals surface area contributed by atoms with Crippen LogP contribution < -0.4 is 10.3 Å². The maximum atomic E-state index is 13.8. The molecule has 1 amide bonds. The molecule has 184 valence electrons. The Morgan fingerprint density at radius 3 is 2.42 bits per heavy atom. The quantitative estimate of drug-likeness (QED) is 0.284. The zero-order valence-corrected chi connectivity index (χ0v) is 20.9. The predicted octanol–water partition coefficient (Wildman–Crippen LogP) is 5.80. The zero-order chi connectivity index (χ0) is 25.5. The Hall–Kier alpha value is -4.19. The SMILES string of the molecule is CCCN(C(=O)C=Cc1ccccc1)C(CC)c1nc2ccccc2c(=O)n1-c1ccccc1OC. The van der Waals surface area contributed by atoms with E-state index in [-0.39, 0.29) is 11.5 Å². The average molecular weight is 482 g/mol. The Morgan fingerprint density at radius 1 is 1.00 bits per heavy atom. The van der Waals surface area contributed by atoms with Crippen molar-refractivity contribution in [2.75, 3.05) is 13.7 Å². The highest BCUT2D eigenvalue weighted by atomic mass is 16.5. The second-order valence-electron chi connectivity index (χ2n) is 8.50. The van der Waals surface area contributed by atoms with E-state index in [0.717, 1.165) is 12.0 Å². The fraction of sp³-hybridized carbons (Fsp3) is 0.233. The van der Waals surface area contributed by atoms with Crippen LogP contribution in [0.25, 0.3) is 22.7 Å². The lowest BCUT2D eigenvalue weighted by Gasteiger charge is -2.31. The van der Waals surface area contributed by atoms with Gasteiger partial charge in [-0.05, 0) is 48.7 Å². The molecule has 4 rings (SSSR count). The molecule has 0 saturated heterocycles. The number of amides is 1. The highest BCUT2D eigenvalue weighted by Gasteiger charge is 2.28. The summed E-state index contributed by atoms with van der Waals surface area (Å²) in [6.45, 7) is 4.58. The van der Waals surface area contributed by atoms with Gasteiger partial charge in [-0.3, -0.25) is 14.2 Å². The largest absolute Gasteiger partial charge is 0.495 e. The predicted molar refractivity (Wildman–Crippen MR) is 144 cm³/mol. The van der Waals surface area contributed by atoms with Gasteiger partial charge >= 0.3 is 0 Å². The standard InChI is InChI=1S/C30H31N3O3/c1-4-21-32(28(34)20-19-22-13-7-6-8-14-22)25(5-2)29-31-24-16-10-9-15-23(24)30(35)33(29)26-17-11-12-18-27(26)36-3/h6-20,25H,4-5,21H2,1-3H3. The Kier molecular flexibility index (Phi) is 7.95. The van der Waals surface area contributed by atoms with Crippen molar-refractivity contribution >= 4 is 22.9 Å². The highest BCUT2D eigenvalue weighted by molar-refractivity contribution is 5.92. The van der Waals surface area contributed by atoms with Gasteiger partial charge in [0.25, 0.3) is 5.56 Å². The minimum absolute atomic E-state index is 0.124. The normalized spacial score (nSPS) is 12.1. The zero-order valence-electron chi connectivity index (χ0n) is 20.9. The number of benzene rings is 3. The van der Waals surface area contributed by atoms with Crippen LogP contribution in [0, 0.1) is 0 Å². The molecule has 0 saturated carbocycles. The molecule has 1 aromatic heterocycles. The summed E-state index contributed by atoms with van der Waals surface area (Å²) in [6.07, 6.45) is 4.78. The molecule has 6 heteroatoms. The molecule has 0 aliphatic rings. The van der Waals surface area contributed by atoms with Crippen LogP contribution in [0.4, 0.5) is 0 Å². The summed E-state index contributed by atoms with van der Waals surface area (Å²) in [5, 5.41) is 0.513. The summed E-state index contributed by atoms with van der Waals surface area (Å²) in [6, 6.07) is 24.0. The summed E-state index contributed by atoms with van der Waals surface area (Å²) in [4.78, 5) is 34.1. The van der Waals surface area contributed by atoms with Crippen molar-refractivity contribution in [2.45, 2.75) is 32.7 Å². The number of methoxy groups -OCH3 is 1. The van der Waals surface area contributed by atoms with Gasteiger partial charge in [0, 0.05) is 12.6 Å². The molecule has 6 nitrogen and oxygen atoms in total. The van der Waals surface area contributed by atoms with Crippen molar-refractivity contribution in [3.63, 3.8) is 0 Å². The molecule has 3 aromatic carbocycles. The van der Waals surface area contributed by atoms with E-state index in [9.17, 15) is 9.59 Å². The number of rotatable bonds is 9. The first-order valence-electron chi connectivity index (χ1n) is 12.3. The molecule has 0 bridgehead atoms. The molecule has 0 aliphatic heterocycles. The third-order valence-electron chi connectivity index (χ3n) is 6.15. The van der Waals surface area contributed by atoms with E-state index in [2.05, 4.69) is 0 Å². The Bertz CT molecular complexity index is 1430. The van der Waals surface area contributed by atoms with Gasteiger partial charge in [-0.25, -0.2) is 4.98 Å². The Labute approximate surface area is 211 Å². The monoisotopic (exact) mass is 481 g/mol. The molecule has 36 heavy (non-hydrogen) atoms. The first-order valence-corrected chi connectivity index (χ1v) is 12.3. The maximum Gasteiger partial charge on any atom is 0.266 e. The lowest BCUT2D eigenvalue weighted by Crippen LogP contribution is -2.38. The van der Waals surface area contributed by atoms with Gasteiger partial charge in [0.2, 0.25) is 5.91 Å². The number of aromatic nitrogens is 2. The molecule has 1 unspecified atom stereocenters. The second kappa shape index (κ2) is 11.5. The summed E-state index contributed by atoms with van der Waals surface area (Å²) >= 11 is 0. The highest BCUT2D eigenvalue weighted by Crippen LogP contribution is 2.29. The number of nitrogens with zero attached hydrogens (tertiary/aromatic N) is 3. The lowest BCUT2D eigenvalue weighted by molar-refractivity contribution is -0.128. The van der Waals surface area contributed by atoms with E-state index < -0.39 is 6.04 Å². The van der Waals surface area contributed by atoms with Gasteiger partial charge < -0.3 is 9.64 Å². The molecule has 0 fully saturated rings. The van der Waals surface area contributed by atoms with Crippen molar-refractivity contribution in [2.24, 2.45) is 0 Å². The van der Waals surface area contributed by atoms with Crippen LogP contribution in [0.15, 0.2) is 89.7 Å². The smallest absolute Gasteiger partial charge is 0.266 e. The molecule has 4 aromatic rings. The fourth-order valence-corrected chi connectivity index (χ4v) is 4.45. The maximum absolute atomic E-state index is 13.8. The van der Waals surface area contributed by atoms with Gasteiger partial charge in [-0.1, -0.05) is 68.4 Å². The number of carbonyl (C=O) groups is 1. The topological polar surface area (TPSA) is 64.4 Å². The van der Waals surface area contributed by atoms with E-state index in [1.807, 2.05) is 97.6 Å². The van der Waals surface area contributed by atoms with Crippen LogP contribution >= 0.6 is 0 Å². The van der Waals surface area contributed by atoms with Crippen LogP contribution in [-0.4, -0.2) is 34.0 Å². The van der Waals surface area contributed by atoms with Crippen molar-refractivity contribution < 1.29 is 9.53 Å². The molecular weight excluding hydrogens is 450 g/mol. The van der Waals surface area contributed by atoms with Gasteiger partial charge in [-0.2, -0.15) is 0 Å². The average Bonchev–Trinajstić information content (AvgIpc) is 2.92. The van der Waals surface area contributed by atoms with E-state index >= 15 is 0 Å². The van der Waals surface area contributed by atoms with Crippen LogP contribution in [0.1, 0.15) is 44.1 Å². The van der Waals surface area contributed by atoms with Crippen molar-refractivity contribution in [1.29, 1.82) is 0 Å². The first kappa shape index (κ1) is 24.9. The van der Waals surface area contributed by atoms with Gasteiger partial charge in [0.05, 0.1) is 29.7 Å². The van der Waals surface area contributed by atoms with Crippen molar-refractivity contribution in [3.8, 4) is 11.4 Å². The third kappa shape index (κ3) is 5.08. The van der Waals surface area contributed by atoms with E-state index in [1.54, 1.807) is 23.8 Å². The first-order chi connectivity index (χ1) is 17.6. The van der Waals surface area contributed by atoms with Crippen LogP contribution in [-0.2, 0) is 4.79 Å². The van der Waals surface area contributed by atoms with Gasteiger partial charge in [0.15, 0.2) is 0 Å². The van der Waals surface area contributed by atoms with Gasteiger partial charge in [0.1, 0.15) is 11.6 Å². The molecular formula is C30H31N3O3. The number of carbonyl (C=O) groups excluding carboxylic acids is 1. The molecule has 1 heterocycles. The fourth-order valence-electron chi connectivity index (χ4n) is 4.45. The molecule has 1 atom stereocenters. The number of ether oxygens (including phenoxy) is 1. The van der Waals surface area contributed by atoms with Crippen LogP contribution in [0.3, 0.4) is 0 Å². The molecule has 0 aliphatic carbocycles. The number of para-hydroxylation sites is 3. The minimum Gasteiger partial charge on any atom is -0.495 e. The Balaban J connectivity index is 1.89.